The summed E-state index contributed by atoms with van der Waals surface area (Å²) in [7, 11) is 1.85. The number of piperidine rings is 1. The number of likely N-dealkylation sites (tertiary alicyclic amines) is 1. The molecule has 1 aliphatic rings. The van der Waals surface area contributed by atoms with Gasteiger partial charge in [0.1, 0.15) is 12.4 Å². The lowest BCUT2D eigenvalue weighted by Crippen LogP contribution is -2.42. The minimum atomic E-state index is -0.139. The molecule has 0 saturated carbocycles. The van der Waals surface area contributed by atoms with Crippen molar-refractivity contribution in [3.05, 3.63) is 34.9 Å². The number of hydrogen-bond acceptors (Lipinski definition) is 6. The van der Waals surface area contributed by atoms with Crippen molar-refractivity contribution in [1.29, 1.82) is 0 Å². The topological polar surface area (TPSA) is 96.2 Å². The van der Waals surface area contributed by atoms with Crippen molar-refractivity contribution in [1.82, 2.24) is 24.6 Å². The van der Waals surface area contributed by atoms with E-state index < -0.39 is 0 Å². The van der Waals surface area contributed by atoms with Crippen LogP contribution in [0, 0.1) is 6.92 Å². The number of urea groups is 1. The molecule has 4 rings (SSSR count). The van der Waals surface area contributed by atoms with E-state index in [0.29, 0.717) is 12.4 Å². The highest BCUT2D eigenvalue weighted by atomic mass is 32.1. The highest BCUT2D eigenvalue weighted by Gasteiger charge is 2.28. The normalized spacial score (nSPS) is 17.4. The van der Waals surface area contributed by atoms with Gasteiger partial charge in [-0.15, -0.1) is 21.5 Å². The number of rotatable bonds is 3. The Bertz CT molecular complexity index is 982. The monoisotopic (exact) mass is 386 g/mol. The van der Waals surface area contributed by atoms with E-state index in [9.17, 15) is 9.90 Å². The van der Waals surface area contributed by atoms with Crippen LogP contribution >= 0.6 is 11.3 Å². The van der Waals surface area contributed by atoms with E-state index in [1.165, 1.54) is 0 Å². The zero-order valence-electron chi connectivity index (χ0n) is 15.3. The number of nitrogens with one attached hydrogen (secondary N) is 1. The van der Waals surface area contributed by atoms with Gasteiger partial charge in [0.05, 0.1) is 15.2 Å². The molecular weight excluding hydrogens is 364 g/mol. The van der Waals surface area contributed by atoms with Gasteiger partial charge in [-0.2, -0.15) is 0 Å². The zero-order valence-corrected chi connectivity index (χ0v) is 16.2. The van der Waals surface area contributed by atoms with Crippen LogP contribution in [0.2, 0.25) is 0 Å². The quantitative estimate of drug-likeness (QED) is 0.721. The Morgan fingerprint density at radius 1 is 1.41 bits per heavy atom. The molecule has 1 saturated heterocycles. The van der Waals surface area contributed by atoms with Crippen molar-refractivity contribution < 1.29 is 9.90 Å². The number of carbonyl (C=O) groups excluding carboxylic acids is 1. The second-order valence-corrected chi connectivity index (χ2v) is 8.06. The molecule has 2 aromatic heterocycles. The van der Waals surface area contributed by atoms with E-state index in [0.717, 1.165) is 46.1 Å². The number of amides is 2. The molecule has 2 amide bonds. The number of fused-ring (bicyclic) bond motifs is 1. The van der Waals surface area contributed by atoms with Crippen LogP contribution in [0.4, 0.5) is 10.5 Å². The van der Waals surface area contributed by atoms with Crippen LogP contribution in [-0.4, -0.2) is 48.9 Å². The summed E-state index contributed by atoms with van der Waals surface area (Å²) in [4.78, 5) is 19.0. The number of aliphatic hydroxyl groups is 1. The first-order valence-corrected chi connectivity index (χ1v) is 9.79. The summed E-state index contributed by atoms with van der Waals surface area (Å²) in [6, 6.07) is 5.68. The number of carbonyl (C=O) groups is 1. The van der Waals surface area contributed by atoms with Gasteiger partial charge in [0, 0.05) is 31.7 Å². The molecule has 1 aliphatic heterocycles. The van der Waals surface area contributed by atoms with E-state index in [1.54, 1.807) is 11.3 Å². The van der Waals surface area contributed by atoms with E-state index in [4.69, 9.17) is 0 Å². The summed E-state index contributed by atoms with van der Waals surface area (Å²) >= 11 is 1.62. The standard InChI is InChI=1S/C18H22N6O2S/c1-11-19-14-6-5-13(8-15(14)27-11)20-18(26)24-7-3-4-12(9-24)17-22-21-16(10-25)23(17)2/h5-6,8,12,25H,3-4,7,9-10H2,1-2H3,(H,20,26). The SMILES string of the molecule is Cc1nc2ccc(NC(=O)N3CCCC(c4nnc(CO)n4C)C3)cc2s1. The highest BCUT2D eigenvalue weighted by molar-refractivity contribution is 7.18. The largest absolute Gasteiger partial charge is 0.388 e. The minimum absolute atomic E-state index is 0.107. The summed E-state index contributed by atoms with van der Waals surface area (Å²) in [5, 5.41) is 21.6. The first-order chi connectivity index (χ1) is 13.0. The van der Waals surface area contributed by atoms with Crippen LogP contribution in [-0.2, 0) is 13.7 Å². The van der Waals surface area contributed by atoms with Gasteiger partial charge in [-0.3, -0.25) is 0 Å². The lowest BCUT2D eigenvalue weighted by molar-refractivity contribution is 0.190. The lowest BCUT2D eigenvalue weighted by Gasteiger charge is -2.32. The van der Waals surface area contributed by atoms with Gasteiger partial charge in [0.25, 0.3) is 0 Å². The van der Waals surface area contributed by atoms with E-state index >= 15 is 0 Å². The summed E-state index contributed by atoms with van der Waals surface area (Å²) < 4.78 is 2.89. The first kappa shape index (κ1) is 17.9. The fourth-order valence-electron chi connectivity index (χ4n) is 3.56. The van der Waals surface area contributed by atoms with Crippen LogP contribution in [0.3, 0.4) is 0 Å². The molecule has 2 N–H and O–H groups in total. The average Bonchev–Trinajstić information content (AvgIpc) is 3.22. The Morgan fingerprint density at radius 2 is 2.26 bits per heavy atom. The van der Waals surface area contributed by atoms with Crippen LogP contribution < -0.4 is 5.32 Å². The predicted octanol–water partition coefficient (Wildman–Crippen LogP) is 2.64. The maximum atomic E-state index is 12.8. The van der Waals surface area contributed by atoms with Gasteiger partial charge >= 0.3 is 6.03 Å². The van der Waals surface area contributed by atoms with Crippen LogP contribution in [0.1, 0.15) is 35.4 Å². The number of aryl methyl sites for hydroxylation is 1. The third-order valence-electron chi connectivity index (χ3n) is 4.96. The van der Waals surface area contributed by atoms with E-state index in [1.807, 2.05) is 41.6 Å². The van der Waals surface area contributed by atoms with E-state index in [-0.39, 0.29) is 18.6 Å². The van der Waals surface area contributed by atoms with Crippen molar-refractivity contribution in [2.24, 2.45) is 7.05 Å². The van der Waals surface area contributed by atoms with Crippen LogP contribution in [0.25, 0.3) is 10.2 Å². The number of aromatic nitrogens is 4. The number of hydrogen-bond donors (Lipinski definition) is 2. The first-order valence-electron chi connectivity index (χ1n) is 8.97. The van der Waals surface area contributed by atoms with Crippen molar-refractivity contribution in [2.75, 3.05) is 18.4 Å². The molecule has 27 heavy (non-hydrogen) atoms. The second kappa shape index (κ2) is 7.24. The molecule has 9 heteroatoms. The Labute approximate surface area is 160 Å². The maximum Gasteiger partial charge on any atom is 0.321 e. The average molecular weight is 386 g/mol. The minimum Gasteiger partial charge on any atom is -0.388 e. The number of thiazole rings is 1. The molecule has 1 unspecified atom stereocenters. The van der Waals surface area contributed by atoms with Gasteiger partial charge in [-0.05, 0) is 38.0 Å². The fourth-order valence-corrected chi connectivity index (χ4v) is 4.43. The van der Waals surface area contributed by atoms with Crippen molar-refractivity contribution in [2.45, 2.75) is 32.3 Å². The fraction of sp³-hybridized carbons (Fsp3) is 0.444. The third-order valence-corrected chi connectivity index (χ3v) is 5.89. The molecule has 8 nitrogen and oxygen atoms in total. The Balaban J connectivity index is 1.46. The highest BCUT2D eigenvalue weighted by Crippen LogP contribution is 2.28. The molecule has 3 aromatic rings. The number of nitrogens with zero attached hydrogens (tertiary/aromatic N) is 5. The lowest BCUT2D eigenvalue weighted by atomic mass is 9.97. The zero-order chi connectivity index (χ0) is 19.0. The Kier molecular flexibility index (Phi) is 4.79. The number of aliphatic hydroxyl groups excluding tert-OH is 1. The smallest absolute Gasteiger partial charge is 0.321 e. The van der Waals surface area contributed by atoms with Crippen molar-refractivity contribution in [3.8, 4) is 0 Å². The molecule has 0 aliphatic carbocycles. The van der Waals surface area contributed by atoms with E-state index in [2.05, 4.69) is 20.5 Å². The molecule has 0 radical (unpaired) electrons. The molecule has 1 fully saturated rings. The van der Waals surface area contributed by atoms with Crippen molar-refractivity contribution >= 4 is 33.3 Å². The molecular formula is C18H22N6O2S. The molecule has 3 heterocycles. The Hall–Kier alpha value is -2.52. The molecule has 0 bridgehead atoms. The number of benzene rings is 1. The van der Waals surface area contributed by atoms with Gasteiger partial charge in [0.15, 0.2) is 5.82 Å². The molecule has 1 atom stereocenters. The summed E-state index contributed by atoms with van der Waals surface area (Å²) in [5.41, 5.74) is 1.73. The third kappa shape index (κ3) is 3.52. The summed E-state index contributed by atoms with van der Waals surface area (Å²) in [5.74, 6) is 1.48. The maximum absolute atomic E-state index is 12.8. The molecule has 142 valence electrons. The Morgan fingerprint density at radius 3 is 3.04 bits per heavy atom. The summed E-state index contributed by atoms with van der Waals surface area (Å²) in [6.45, 7) is 3.14. The molecule has 0 spiro atoms. The molecule has 1 aromatic carbocycles. The predicted molar refractivity (Wildman–Crippen MR) is 104 cm³/mol. The second-order valence-electron chi connectivity index (χ2n) is 6.82. The van der Waals surface area contributed by atoms with Gasteiger partial charge in [0.2, 0.25) is 0 Å². The van der Waals surface area contributed by atoms with Crippen LogP contribution in [0.15, 0.2) is 18.2 Å². The van der Waals surface area contributed by atoms with Crippen LogP contribution in [0.5, 0.6) is 0 Å². The van der Waals surface area contributed by atoms with Gasteiger partial charge in [-0.1, -0.05) is 0 Å². The van der Waals surface area contributed by atoms with Gasteiger partial charge < -0.3 is 19.9 Å². The van der Waals surface area contributed by atoms with Gasteiger partial charge in [-0.25, -0.2) is 9.78 Å². The summed E-state index contributed by atoms with van der Waals surface area (Å²) in [6.07, 6.45) is 1.86. The number of anilines is 1. The van der Waals surface area contributed by atoms with Crippen molar-refractivity contribution in [3.63, 3.8) is 0 Å².